The molecule has 0 fully saturated rings. The summed E-state index contributed by atoms with van der Waals surface area (Å²) in [6.07, 6.45) is 3.31. The number of aromatic nitrogens is 1. The van der Waals surface area contributed by atoms with Gasteiger partial charge in [-0.05, 0) is 43.3 Å². The minimum atomic E-state index is -0.533. The maximum Gasteiger partial charge on any atom is 0.266 e. The summed E-state index contributed by atoms with van der Waals surface area (Å²) in [4.78, 5) is 25.5. The highest BCUT2D eigenvalue weighted by Crippen LogP contribution is 2.24. The number of ether oxygens (including phenoxy) is 1. The van der Waals surface area contributed by atoms with Crippen LogP contribution in [-0.4, -0.2) is 23.5 Å². The van der Waals surface area contributed by atoms with Crippen LogP contribution in [0.25, 0.3) is 17.0 Å². The van der Waals surface area contributed by atoms with Crippen LogP contribution in [-0.2, 0) is 16.1 Å². The third-order valence-corrected chi connectivity index (χ3v) is 5.46. The molecule has 0 aliphatic heterocycles. The number of nitrogens with one attached hydrogen (secondary N) is 2. The standard InChI is InChI=1S/C28H24N4O3/c1-19-10-12-22(13-11-19)30-27(33)18-32-17-21(25-8-3-4-9-26(25)32)14-20(16-29)28(34)31-23-6-5-7-24(15-23)35-2/h3-15,17H,18H2,1-2H3,(H,30,33)(H,31,34)/b20-14-. The van der Waals surface area contributed by atoms with Crippen LogP contribution in [0.3, 0.4) is 0 Å². The summed E-state index contributed by atoms with van der Waals surface area (Å²) in [7, 11) is 1.54. The number of rotatable bonds is 7. The Balaban J connectivity index is 1.58. The van der Waals surface area contributed by atoms with Gasteiger partial charge in [0.15, 0.2) is 0 Å². The lowest BCUT2D eigenvalue weighted by Crippen LogP contribution is -2.18. The minimum absolute atomic E-state index is 0.0557. The zero-order chi connectivity index (χ0) is 24.8. The number of nitriles is 1. The molecule has 0 spiro atoms. The quantitative estimate of drug-likeness (QED) is 0.292. The van der Waals surface area contributed by atoms with Gasteiger partial charge in [-0.1, -0.05) is 42.0 Å². The number of nitrogens with zero attached hydrogens (tertiary/aromatic N) is 2. The highest BCUT2D eigenvalue weighted by Gasteiger charge is 2.14. The first kappa shape index (κ1) is 23.3. The number of fused-ring (bicyclic) bond motifs is 1. The third kappa shape index (κ3) is 5.57. The summed E-state index contributed by atoms with van der Waals surface area (Å²) < 4.78 is 6.98. The molecule has 2 amide bonds. The molecule has 1 aromatic heterocycles. The maximum absolute atomic E-state index is 12.8. The van der Waals surface area contributed by atoms with E-state index < -0.39 is 5.91 Å². The molecule has 0 radical (unpaired) electrons. The molecule has 4 aromatic rings. The van der Waals surface area contributed by atoms with E-state index in [4.69, 9.17) is 4.74 Å². The highest BCUT2D eigenvalue weighted by molar-refractivity contribution is 6.11. The number of anilines is 2. The zero-order valence-electron chi connectivity index (χ0n) is 19.4. The van der Waals surface area contributed by atoms with Gasteiger partial charge >= 0.3 is 0 Å². The Bertz CT molecular complexity index is 1460. The summed E-state index contributed by atoms with van der Waals surface area (Å²) in [5.41, 5.74) is 3.78. The van der Waals surface area contributed by atoms with Crippen LogP contribution in [0.2, 0.25) is 0 Å². The van der Waals surface area contributed by atoms with Crippen LogP contribution in [0.15, 0.2) is 84.6 Å². The van der Waals surface area contributed by atoms with E-state index in [1.165, 1.54) is 6.08 Å². The molecule has 35 heavy (non-hydrogen) atoms. The molecule has 1 heterocycles. The molecular formula is C28H24N4O3. The molecular weight excluding hydrogens is 440 g/mol. The number of para-hydroxylation sites is 1. The molecule has 0 saturated carbocycles. The normalized spacial score (nSPS) is 11.1. The second-order valence-electron chi connectivity index (χ2n) is 8.00. The molecule has 4 rings (SSSR count). The number of aryl methyl sites for hydroxylation is 1. The number of carbonyl (C=O) groups is 2. The van der Waals surface area contributed by atoms with Crippen molar-refractivity contribution in [3.8, 4) is 11.8 Å². The fourth-order valence-electron chi connectivity index (χ4n) is 3.72. The Morgan fingerprint density at radius 1 is 1.00 bits per heavy atom. The topological polar surface area (TPSA) is 96.2 Å². The number of hydrogen-bond acceptors (Lipinski definition) is 4. The van der Waals surface area contributed by atoms with Crippen molar-refractivity contribution in [2.24, 2.45) is 0 Å². The Morgan fingerprint density at radius 3 is 2.51 bits per heavy atom. The van der Waals surface area contributed by atoms with Crippen LogP contribution in [0.5, 0.6) is 5.75 Å². The van der Waals surface area contributed by atoms with Crippen molar-refractivity contribution >= 4 is 40.2 Å². The summed E-state index contributed by atoms with van der Waals surface area (Å²) in [6.45, 7) is 2.07. The molecule has 0 aliphatic rings. The second-order valence-corrected chi connectivity index (χ2v) is 8.00. The Labute approximate surface area is 203 Å². The van der Waals surface area contributed by atoms with Gasteiger partial charge in [-0.15, -0.1) is 0 Å². The Kier molecular flexibility index (Phi) is 6.94. The first-order valence-corrected chi connectivity index (χ1v) is 11.0. The Hall–Kier alpha value is -4.83. The smallest absolute Gasteiger partial charge is 0.266 e. The van der Waals surface area contributed by atoms with Crippen molar-refractivity contribution < 1.29 is 14.3 Å². The predicted octanol–water partition coefficient (Wildman–Crippen LogP) is 5.14. The number of carbonyl (C=O) groups excluding carboxylic acids is 2. The van der Waals surface area contributed by atoms with Crippen LogP contribution in [0, 0.1) is 18.3 Å². The first-order valence-electron chi connectivity index (χ1n) is 11.0. The van der Waals surface area contributed by atoms with Crippen molar-refractivity contribution in [1.29, 1.82) is 5.26 Å². The van der Waals surface area contributed by atoms with Gasteiger partial charge < -0.3 is 19.9 Å². The SMILES string of the molecule is COc1cccc(NC(=O)/C(C#N)=C\c2cn(CC(=O)Nc3ccc(C)cc3)c3ccccc23)c1. The predicted molar refractivity (Wildman–Crippen MR) is 137 cm³/mol. The van der Waals surface area contributed by atoms with Crippen molar-refractivity contribution in [1.82, 2.24) is 4.57 Å². The first-order chi connectivity index (χ1) is 17.0. The molecule has 0 unspecified atom stereocenters. The summed E-state index contributed by atoms with van der Waals surface area (Å²) >= 11 is 0. The second kappa shape index (κ2) is 10.4. The van der Waals surface area contributed by atoms with Crippen molar-refractivity contribution in [3.05, 3.63) is 95.7 Å². The van der Waals surface area contributed by atoms with Gasteiger partial charge in [-0.2, -0.15) is 5.26 Å². The molecule has 3 aromatic carbocycles. The number of benzene rings is 3. The van der Waals surface area contributed by atoms with Gasteiger partial charge in [0.1, 0.15) is 23.9 Å². The molecule has 2 N–H and O–H groups in total. The molecule has 0 aliphatic carbocycles. The minimum Gasteiger partial charge on any atom is -0.497 e. The lowest BCUT2D eigenvalue weighted by molar-refractivity contribution is -0.116. The fraction of sp³-hybridized carbons (Fsp3) is 0.107. The van der Waals surface area contributed by atoms with Gasteiger partial charge in [0, 0.05) is 40.1 Å². The van der Waals surface area contributed by atoms with Gasteiger partial charge in [-0.3, -0.25) is 9.59 Å². The summed E-state index contributed by atoms with van der Waals surface area (Å²) in [6, 6.07) is 24.0. The van der Waals surface area contributed by atoms with E-state index in [0.29, 0.717) is 17.0 Å². The van der Waals surface area contributed by atoms with E-state index in [1.807, 2.05) is 61.5 Å². The molecule has 174 valence electrons. The summed E-state index contributed by atoms with van der Waals surface area (Å²) in [5, 5.41) is 16.1. The largest absolute Gasteiger partial charge is 0.497 e. The van der Waals surface area contributed by atoms with Crippen molar-refractivity contribution in [2.45, 2.75) is 13.5 Å². The van der Waals surface area contributed by atoms with Crippen molar-refractivity contribution in [2.75, 3.05) is 17.7 Å². The fourth-order valence-corrected chi connectivity index (χ4v) is 3.72. The molecule has 0 atom stereocenters. The monoisotopic (exact) mass is 464 g/mol. The lowest BCUT2D eigenvalue weighted by Gasteiger charge is -2.07. The van der Waals surface area contributed by atoms with Gasteiger partial charge in [-0.25, -0.2) is 0 Å². The molecule has 0 saturated heterocycles. The summed E-state index contributed by atoms with van der Waals surface area (Å²) in [5.74, 6) is -0.117. The van der Waals surface area contributed by atoms with Crippen LogP contribution in [0.4, 0.5) is 11.4 Å². The Morgan fingerprint density at radius 2 is 1.77 bits per heavy atom. The third-order valence-electron chi connectivity index (χ3n) is 5.46. The van der Waals surface area contributed by atoms with E-state index in [1.54, 1.807) is 42.1 Å². The lowest BCUT2D eigenvalue weighted by atomic mass is 10.1. The zero-order valence-corrected chi connectivity index (χ0v) is 19.4. The van der Waals surface area contributed by atoms with Crippen LogP contribution >= 0.6 is 0 Å². The van der Waals surface area contributed by atoms with Crippen LogP contribution < -0.4 is 15.4 Å². The van der Waals surface area contributed by atoms with Crippen molar-refractivity contribution in [3.63, 3.8) is 0 Å². The average Bonchev–Trinajstić information content (AvgIpc) is 3.20. The van der Waals surface area contributed by atoms with Gasteiger partial charge in [0.2, 0.25) is 5.91 Å². The molecule has 7 nitrogen and oxygen atoms in total. The molecule has 0 bridgehead atoms. The van der Waals surface area contributed by atoms with E-state index in [9.17, 15) is 14.9 Å². The van der Waals surface area contributed by atoms with Gasteiger partial charge in [0.25, 0.3) is 5.91 Å². The maximum atomic E-state index is 12.8. The van der Waals surface area contributed by atoms with Gasteiger partial charge in [0.05, 0.1) is 7.11 Å². The highest BCUT2D eigenvalue weighted by atomic mass is 16.5. The van der Waals surface area contributed by atoms with E-state index >= 15 is 0 Å². The van der Waals surface area contributed by atoms with E-state index in [-0.39, 0.29) is 18.0 Å². The molecule has 7 heteroatoms. The number of methoxy groups -OCH3 is 1. The number of hydrogen-bond donors (Lipinski definition) is 2. The van der Waals surface area contributed by atoms with E-state index in [0.717, 1.165) is 22.2 Å². The van der Waals surface area contributed by atoms with E-state index in [2.05, 4.69) is 10.6 Å². The van der Waals surface area contributed by atoms with Crippen LogP contribution in [0.1, 0.15) is 11.1 Å². The number of amides is 2. The average molecular weight is 465 g/mol.